The Hall–Kier alpha value is -1.09. The number of amides is 1. The molecule has 2 aliphatic heterocycles. The van der Waals surface area contributed by atoms with Gasteiger partial charge in [0.2, 0.25) is 0 Å². The van der Waals surface area contributed by atoms with Gasteiger partial charge in [-0.25, -0.2) is 18.2 Å². The van der Waals surface area contributed by atoms with Crippen LogP contribution in [0.1, 0.15) is 6.92 Å². The van der Waals surface area contributed by atoms with Crippen LogP contribution >= 0.6 is 12.2 Å². The Balaban J connectivity index is 2.21. The SMILES string of the molecule is CCOC(=O)N1NC(=S)N[C@H]2CS(=O)(=O)C[C@H]21. The van der Waals surface area contributed by atoms with Crippen molar-refractivity contribution in [3.8, 4) is 0 Å². The molecule has 9 heteroatoms. The molecule has 0 saturated carbocycles. The number of fused-ring (bicyclic) bond motifs is 1. The van der Waals surface area contributed by atoms with E-state index in [1.807, 2.05) is 0 Å². The van der Waals surface area contributed by atoms with Crippen LogP contribution in [0.15, 0.2) is 0 Å². The third-order valence-electron chi connectivity index (χ3n) is 2.66. The topological polar surface area (TPSA) is 87.7 Å². The third kappa shape index (κ3) is 2.44. The molecule has 2 heterocycles. The molecule has 96 valence electrons. The van der Waals surface area contributed by atoms with Gasteiger partial charge < -0.3 is 10.1 Å². The maximum atomic E-state index is 11.7. The van der Waals surface area contributed by atoms with Crippen molar-refractivity contribution in [2.75, 3.05) is 18.1 Å². The smallest absolute Gasteiger partial charge is 0.429 e. The highest BCUT2D eigenvalue weighted by Gasteiger charge is 2.46. The summed E-state index contributed by atoms with van der Waals surface area (Å²) in [4.78, 5) is 11.7. The van der Waals surface area contributed by atoms with E-state index in [9.17, 15) is 13.2 Å². The maximum Gasteiger partial charge on any atom is 0.429 e. The summed E-state index contributed by atoms with van der Waals surface area (Å²) >= 11 is 4.92. The Kier molecular flexibility index (Phi) is 3.13. The summed E-state index contributed by atoms with van der Waals surface area (Å²) in [5.41, 5.74) is 2.62. The first kappa shape index (κ1) is 12.4. The van der Waals surface area contributed by atoms with Crippen LogP contribution in [0.2, 0.25) is 0 Å². The van der Waals surface area contributed by atoms with Gasteiger partial charge in [0.1, 0.15) is 0 Å². The molecule has 1 amide bonds. The van der Waals surface area contributed by atoms with Gasteiger partial charge in [0.25, 0.3) is 0 Å². The van der Waals surface area contributed by atoms with E-state index in [1.165, 1.54) is 0 Å². The van der Waals surface area contributed by atoms with Crippen molar-refractivity contribution in [3.63, 3.8) is 0 Å². The zero-order valence-electron chi connectivity index (χ0n) is 9.17. The summed E-state index contributed by atoms with van der Waals surface area (Å²) in [6, 6.07) is -0.844. The Labute approximate surface area is 104 Å². The zero-order valence-corrected chi connectivity index (χ0v) is 10.8. The van der Waals surface area contributed by atoms with Gasteiger partial charge in [-0.15, -0.1) is 0 Å². The van der Waals surface area contributed by atoms with Crippen molar-refractivity contribution >= 4 is 33.3 Å². The zero-order chi connectivity index (χ0) is 12.6. The third-order valence-corrected chi connectivity index (χ3v) is 4.58. The lowest BCUT2D eigenvalue weighted by atomic mass is 10.1. The van der Waals surface area contributed by atoms with E-state index in [-0.39, 0.29) is 29.3 Å². The summed E-state index contributed by atoms with van der Waals surface area (Å²) < 4.78 is 27.9. The van der Waals surface area contributed by atoms with E-state index in [1.54, 1.807) is 6.92 Å². The molecular weight excluding hydrogens is 266 g/mol. The first-order chi connectivity index (χ1) is 7.93. The van der Waals surface area contributed by atoms with Gasteiger partial charge in [0, 0.05) is 0 Å². The summed E-state index contributed by atoms with van der Waals surface area (Å²) in [5.74, 6) is -0.103. The molecule has 0 aromatic heterocycles. The number of nitrogens with zero attached hydrogens (tertiary/aromatic N) is 1. The van der Waals surface area contributed by atoms with E-state index in [2.05, 4.69) is 10.7 Å². The molecule has 2 atom stereocenters. The number of hydrogen-bond donors (Lipinski definition) is 2. The lowest BCUT2D eigenvalue weighted by molar-refractivity contribution is 0.0708. The first-order valence-corrected chi connectivity index (χ1v) is 7.39. The van der Waals surface area contributed by atoms with Gasteiger partial charge >= 0.3 is 6.09 Å². The molecule has 0 aliphatic carbocycles. The van der Waals surface area contributed by atoms with Gasteiger partial charge in [0.05, 0.1) is 30.2 Å². The molecule has 2 saturated heterocycles. The number of sulfone groups is 1. The van der Waals surface area contributed by atoms with Crippen molar-refractivity contribution in [2.24, 2.45) is 0 Å². The molecule has 0 aromatic carbocycles. The number of hydrogen-bond acceptors (Lipinski definition) is 5. The standard InChI is InChI=1S/C8H13N3O4S2/c1-2-15-8(12)11-6-4-17(13,14)3-5(6)9-7(16)10-11/h5-6H,2-4H2,1H3,(H2,9,10,16)/t5-,6+/m0/s1. The van der Waals surface area contributed by atoms with Gasteiger partial charge in [-0.2, -0.15) is 0 Å². The van der Waals surface area contributed by atoms with Crippen molar-refractivity contribution in [1.29, 1.82) is 0 Å². The molecule has 2 N–H and O–H groups in total. The summed E-state index contributed by atoms with van der Waals surface area (Å²) in [7, 11) is -3.15. The molecule has 0 spiro atoms. The fraction of sp³-hybridized carbons (Fsp3) is 0.750. The number of carbonyl (C=O) groups excluding carboxylic acids is 1. The molecule has 0 radical (unpaired) electrons. The van der Waals surface area contributed by atoms with Crippen LogP contribution in [0.3, 0.4) is 0 Å². The van der Waals surface area contributed by atoms with Crippen molar-refractivity contribution in [2.45, 2.75) is 19.0 Å². The Morgan fingerprint density at radius 3 is 2.94 bits per heavy atom. The highest BCUT2D eigenvalue weighted by molar-refractivity contribution is 7.91. The van der Waals surface area contributed by atoms with E-state index in [0.717, 1.165) is 5.01 Å². The molecule has 2 fully saturated rings. The minimum atomic E-state index is -3.15. The predicted octanol–water partition coefficient (Wildman–Crippen LogP) is -0.997. The molecule has 2 aliphatic rings. The minimum Gasteiger partial charge on any atom is -0.448 e. The Bertz CT molecular complexity index is 450. The molecule has 2 rings (SSSR count). The number of nitrogens with one attached hydrogen (secondary N) is 2. The second kappa shape index (κ2) is 4.30. The van der Waals surface area contributed by atoms with Crippen molar-refractivity contribution in [3.05, 3.63) is 0 Å². The van der Waals surface area contributed by atoms with Gasteiger partial charge in [-0.05, 0) is 19.1 Å². The van der Waals surface area contributed by atoms with Crippen LogP contribution in [-0.4, -0.2) is 54.8 Å². The van der Waals surface area contributed by atoms with Crippen LogP contribution in [0.4, 0.5) is 4.79 Å². The second-order valence-electron chi connectivity index (χ2n) is 3.90. The maximum absolute atomic E-state index is 11.7. The van der Waals surface area contributed by atoms with Crippen molar-refractivity contribution in [1.82, 2.24) is 15.8 Å². The number of rotatable bonds is 1. The van der Waals surface area contributed by atoms with E-state index >= 15 is 0 Å². The fourth-order valence-electron chi connectivity index (χ4n) is 1.99. The van der Waals surface area contributed by atoms with Crippen LogP contribution in [0.5, 0.6) is 0 Å². The molecule has 0 unspecified atom stereocenters. The van der Waals surface area contributed by atoms with Gasteiger partial charge in [0.15, 0.2) is 14.9 Å². The molecule has 7 nitrogen and oxygen atoms in total. The summed E-state index contributed by atoms with van der Waals surface area (Å²) in [5, 5.41) is 4.25. The fourth-order valence-corrected chi connectivity index (χ4v) is 4.13. The minimum absolute atomic E-state index is 0.0185. The average Bonchev–Trinajstić information content (AvgIpc) is 2.51. The van der Waals surface area contributed by atoms with Gasteiger partial charge in [-0.1, -0.05) is 0 Å². The molecule has 17 heavy (non-hydrogen) atoms. The van der Waals surface area contributed by atoms with Crippen LogP contribution < -0.4 is 10.7 Å². The summed E-state index contributed by atoms with van der Waals surface area (Å²) in [6.45, 7) is 1.91. The number of thiocarbonyl (C=S) groups is 1. The number of hydrazine groups is 1. The summed E-state index contributed by atoms with van der Waals surface area (Å²) in [6.07, 6.45) is -0.608. The Morgan fingerprint density at radius 1 is 1.59 bits per heavy atom. The predicted molar refractivity (Wildman–Crippen MR) is 64.0 cm³/mol. The highest BCUT2D eigenvalue weighted by atomic mass is 32.2. The van der Waals surface area contributed by atoms with Crippen LogP contribution in [0, 0.1) is 0 Å². The normalized spacial score (nSPS) is 30.2. The van der Waals surface area contributed by atoms with E-state index < -0.39 is 22.0 Å². The highest BCUT2D eigenvalue weighted by Crippen LogP contribution is 2.20. The Morgan fingerprint density at radius 2 is 2.29 bits per heavy atom. The molecule has 0 bridgehead atoms. The molecular formula is C8H13N3O4S2. The average molecular weight is 279 g/mol. The van der Waals surface area contributed by atoms with Crippen LogP contribution in [-0.2, 0) is 14.6 Å². The number of ether oxygens (including phenoxy) is 1. The van der Waals surface area contributed by atoms with E-state index in [4.69, 9.17) is 17.0 Å². The van der Waals surface area contributed by atoms with Crippen LogP contribution in [0.25, 0.3) is 0 Å². The largest absolute Gasteiger partial charge is 0.448 e. The first-order valence-electron chi connectivity index (χ1n) is 5.16. The lowest BCUT2D eigenvalue weighted by Gasteiger charge is -2.37. The molecule has 0 aromatic rings. The van der Waals surface area contributed by atoms with Crippen molar-refractivity contribution < 1.29 is 17.9 Å². The second-order valence-corrected chi connectivity index (χ2v) is 6.47. The lowest BCUT2D eigenvalue weighted by Crippen LogP contribution is -2.67. The number of carbonyl (C=O) groups is 1. The van der Waals surface area contributed by atoms with E-state index in [0.29, 0.717) is 0 Å². The quantitative estimate of drug-likeness (QED) is 0.595. The van der Waals surface area contributed by atoms with Gasteiger partial charge in [-0.3, -0.25) is 5.43 Å². The monoisotopic (exact) mass is 279 g/mol.